The molecule has 0 radical (unpaired) electrons. The number of anilines is 2. The summed E-state index contributed by atoms with van der Waals surface area (Å²) in [5.41, 5.74) is 1.39. The molecule has 3 N–H and O–H groups in total. The number of rotatable bonds is 6. The Bertz CT molecular complexity index is 1200. The summed E-state index contributed by atoms with van der Waals surface area (Å²) in [5, 5.41) is 5.53. The molecule has 31 heavy (non-hydrogen) atoms. The zero-order valence-electron chi connectivity index (χ0n) is 16.3. The fourth-order valence-electron chi connectivity index (χ4n) is 2.57. The smallest absolute Gasteiger partial charge is 0.261 e. The number of hydrogen-bond acceptors (Lipinski definition) is 5. The molecule has 3 aromatic rings. The summed E-state index contributed by atoms with van der Waals surface area (Å²) in [6, 6.07) is 19.5. The van der Waals surface area contributed by atoms with E-state index < -0.39 is 10.0 Å². The number of carbonyl (C=O) groups is 1. The van der Waals surface area contributed by atoms with Crippen LogP contribution in [-0.4, -0.2) is 26.5 Å². The van der Waals surface area contributed by atoms with Crippen molar-refractivity contribution in [2.45, 2.75) is 4.90 Å². The Morgan fingerprint density at radius 2 is 1.55 bits per heavy atom. The zero-order valence-corrected chi connectivity index (χ0v) is 19.5. The molecule has 0 unspecified atom stereocenters. The lowest BCUT2D eigenvalue weighted by Crippen LogP contribution is -2.34. The molecule has 0 saturated carbocycles. The van der Waals surface area contributed by atoms with Gasteiger partial charge in [0.1, 0.15) is 5.75 Å². The van der Waals surface area contributed by atoms with Crippen LogP contribution in [0.5, 0.6) is 5.75 Å². The van der Waals surface area contributed by atoms with Crippen LogP contribution < -0.4 is 20.1 Å². The van der Waals surface area contributed by atoms with Gasteiger partial charge >= 0.3 is 0 Å². The van der Waals surface area contributed by atoms with Crippen molar-refractivity contribution in [1.29, 1.82) is 0 Å². The number of ether oxygens (including phenoxy) is 1. The Labute approximate surface area is 194 Å². The van der Waals surface area contributed by atoms with Crippen molar-refractivity contribution in [3.8, 4) is 5.75 Å². The molecule has 0 aliphatic heterocycles. The summed E-state index contributed by atoms with van der Waals surface area (Å²) in [5.74, 6) is 0.258. The molecular formula is C21H18BrN3O4S2. The van der Waals surface area contributed by atoms with E-state index in [9.17, 15) is 13.2 Å². The summed E-state index contributed by atoms with van der Waals surface area (Å²) in [6.45, 7) is 0. The van der Waals surface area contributed by atoms with E-state index in [2.05, 4.69) is 31.3 Å². The number of halogens is 1. The Balaban J connectivity index is 1.63. The Kier molecular flexibility index (Phi) is 7.26. The normalized spacial score (nSPS) is 10.8. The van der Waals surface area contributed by atoms with Crippen LogP contribution in [-0.2, 0) is 10.0 Å². The highest BCUT2D eigenvalue weighted by Crippen LogP contribution is 2.21. The van der Waals surface area contributed by atoms with E-state index in [0.29, 0.717) is 27.2 Å². The molecule has 160 valence electrons. The van der Waals surface area contributed by atoms with Gasteiger partial charge < -0.3 is 10.1 Å². The van der Waals surface area contributed by atoms with E-state index in [1.165, 1.54) is 19.2 Å². The minimum absolute atomic E-state index is 0.0806. The monoisotopic (exact) mass is 519 g/mol. The van der Waals surface area contributed by atoms with Gasteiger partial charge in [0.15, 0.2) is 5.11 Å². The van der Waals surface area contributed by atoms with Crippen LogP contribution >= 0.6 is 28.1 Å². The highest BCUT2D eigenvalue weighted by molar-refractivity contribution is 9.10. The van der Waals surface area contributed by atoms with Crippen LogP contribution in [0.1, 0.15) is 10.4 Å². The lowest BCUT2D eigenvalue weighted by molar-refractivity contribution is 0.0977. The van der Waals surface area contributed by atoms with Gasteiger partial charge in [-0.05, 0) is 88.8 Å². The van der Waals surface area contributed by atoms with E-state index in [1.54, 1.807) is 60.7 Å². The van der Waals surface area contributed by atoms with Gasteiger partial charge in [-0.25, -0.2) is 8.42 Å². The molecular weight excluding hydrogens is 502 g/mol. The van der Waals surface area contributed by atoms with Crippen molar-refractivity contribution in [1.82, 2.24) is 5.32 Å². The van der Waals surface area contributed by atoms with Crippen molar-refractivity contribution >= 4 is 60.6 Å². The van der Waals surface area contributed by atoms with Crippen LogP contribution in [0.2, 0.25) is 0 Å². The molecule has 1 amide bonds. The van der Waals surface area contributed by atoms with Crippen LogP contribution in [0.15, 0.2) is 82.2 Å². The summed E-state index contributed by atoms with van der Waals surface area (Å²) >= 11 is 8.49. The molecule has 0 aliphatic rings. The summed E-state index contributed by atoms with van der Waals surface area (Å²) < 4.78 is 33.4. The van der Waals surface area contributed by atoms with E-state index in [0.717, 1.165) is 0 Å². The third-order valence-electron chi connectivity index (χ3n) is 4.11. The zero-order chi connectivity index (χ0) is 22.4. The lowest BCUT2D eigenvalue weighted by atomic mass is 10.2. The minimum atomic E-state index is -3.76. The average molecular weight is 520 g/mol. The van der Waals surface area contributed by atoms with Gasteiger partial charge in [0, 0.05) is 15.8 Å². The maximum Gasteiger partial charge on any atom is 0.261 e. The van der Waals surface area contributed by atoms with Crippen molar-refractivity contribution in [3.05, 3.63) is 82.8 Å². The second-order valence-corrected chi connectivity index (χ2v) is 9.19. The number of nitrogens with one attached hydrogen (secondary N) is 3. The van der Waals surface area contributed by atoms with Crippen molar-refractivity contribution in [2.24, 2.45) is 0 Å². The third kappa shape index (κ3) is 6.03. The Morgan fingerprint density at radius 1 is 0.935 bits per heavy atom. The fourth-order valence-corrected chi connectivity index (χ4v) is 4.30. The Morgan fingerprint density at radius 3 is 2.16 bits per heavy atom. The highest BCUT2D eigenvalue weighted by Gasteiger charge is 2.15. The van der Waals surface area contributed by atoms with E-state index in [4.69, 9.17) is 17.0 Å². The topological polar surface area (TPSA) is 96.5 Å². The first-order valence-corrected chi connectivity index (χ1v) is 11.6. The molecule has 0 bridgehead atoms. The first-order chi connectivity index (χ1) is 14.8. The van der Waals surface area contributed by atoms with Gasteiger partial charge in [-0.3, -0.25) is 14.8 Å². The van der Waals surface area contributed by atoms with Gasteiger partial charge in [-0.15, -0.1) is 0 Å². The van der Waals surface area contributed by atoms with Crippen LogP contribution in [0.3, 0.4) is 0 Å². The van der Waals surface area contributed by atoms with E-state index in [1.807, 2.05) is 0 Å². The number of hydrogen-bond donors (Lipinski definition) is 3. The molecule has 10 heteroatoms. The second-order valence-electron chi connectivity index (χ2n) is 6.25. The largest absolute Gasteiger partial charge is 0.497 e. The number of thiocarbonyl (C=S) groups is 1. The lowest BCUT2D eigenvalue weighted by Gasteiger charge is -2.12. The molecule has 0 atom stereocenters. The van der Waals surface area contributed by atoms with Gasteiger partial charge in [0.25, 0.3) is 15.9 Å². The molecule has 3 rings (SSSR count). The first kappa shape index (κ1) is 22.7. The second kappa shape index (κ2) is 9.90. The standard InChI is InChI=1S/C21H18BrN3O4S2/c1-29-16-10-6-15(7-11-16)25-31(27,28)17-12-8-14(9-13-17)23-21(30)24-20(26)18-4-2-3-5-19(18)22/h2-13,25H,1H3,(H2,23,24,26,30). The van der Waals surface area contributed by atoms with Crippen LogP contribution in [0.4, 0.5) is 11.4 Å². The maximum atomic E-state index is 12.6. The molecule has 0 spiro atoms. The predicted octanol–water partition coefficient (Wildman–Crippen LogP) is 4.39. The third-order valence-corrected chi connectivity index (χ3v) is 6.40. The SMILES string of the molecule is COc1ccc(NS(=O)(=O)c2ccc(NC(=S)NC(=O)c3ccccc3Br)cc2)cc1. The van der Waals surface area contributed by atoms with Gasteiger partial charge in [-0.2, -0.15) is 0 Å². The summed E-state index contributed by atoms with van der Waals surface area (Å²) in [6.07, 6.45) is 0. The van der Waals surface area contributed by atoms with Crippen LogP contribution in [0, 0.1) is 0 Å². The predicted molar refractivity (Wildman–Crippen MR) is 128 cm³/mol. The van der Waals surface area contributed by atoms with Crippen molar-refractivity contribution in [2.75, 3.05) is 17.1 Å². The molecule has 0 heterocycles. The summed E-state index contributed by atoms with van der Waals surface area (Å²) in [4.78, 5) is 12.4. The number of benzene rings is 3. The quantitative estimate of drug-likeness (QED) is 0.418. The molecule has 0 aliphatic carbocycles. The maximum absolute atomic E-state index is 12.6. The van der Waals surface area contributed by atoms with Gasteiger partial charge in [0.2, 0.25) is 0 Å². The molecule has 3 aromatic carbocycles. The van der Waals surface area contributed by atoms with E-state index >= 15 is 0 Å². The average Bonchev–Trinajstić information content (AvgIpc) is 2.74. The molecule has 0 fully saturated rings. The first-order valence-electron chi connectivity index (χ1n) is 8.92. The molecule has 0 aromatic heterocycles. The van der Waals surface area contributed by atoms with Crippen molar-refractivity contribution in [3.63, 3.8) is 0 Å². The van der Waals surface area contributed by atoms with Gasteiger partial charge in [0.05, 0.1) is 17.6 Å². The molecule has 7 nitrogen and oxygen atoms in total. The van der Waals surface area contributed by atoms with Gasteiger partial charge in [-0.1, -0.05) is 12.1 Å². The number of sulfonamides is 1. The highest BCUT2D eigenvalue weighted by atomic mass is 79.9. The summed E-state index contributed by atoms with van der Waals surface area (Å²) in [7, 11) is -2.23. The number of methoxy groups -OCH3 is 1. The number of amides is 1. The van der Waals surface area contributed by atoms with E-state index in [-0.39, 0.29) is 15.9 Å². The Hall–Kier alpha value is -2.95. The van der Waals surface area contributed by atoms with Crippen molar-refractivity contribution < 1.29 is 17.9 Å². The fraction of sp³-hybridized carbons (Fsp3) is 0.0476. The van der Waals surface area contributed by atoms with Crippen LogP contribution in [0.25, 0.3) is 0 Å². The number of carbonyl (C=O) groups excluding carboxylic acids is 1. The molecule has 0 saturated heterocycles. The minimum Gasteiger partial charge on any atom is -0.497 e.